The number of unbranched alkanes of at least 4 members (excludes halogenated alkanes) is 5. The van der Waals surface area contributed by atoms with Crippen molar-refractivity contribution < 1.29 is 19.0 Å². The second kappa shape index (κ2) is 29.5. The van der Waals surface area contributed by atoms with Crippen LogP contribution >= 0.6 is 0 Å². The Labute approximate surface area is 336 Å². The number of carbonyl (C=O) groups is 1. The van der Waals surface area contributed by atoms with Gasteiger partial charge in [0, 0.05) is 39.3 Å². The first kappa shape index (κ1) is 51.3. The molecule has 0 aromatic heterocycles. The normalized spacial score (nSPS) is 21.9. The van der Waals surface area contributed by atoms with Gasteiger partial charge < -0.3 is 30.6 Å². The quantitative estimate of drug-likeness (QED) is 0.0623. The van der Waals surface area contributed by atoms with Gasteiger partial charge in [-0.15, -0.1) is 0 Å². The van der Waals surface area contributed by atoms with Gasteiger partial charge in [-0.2, -0.15) is 0 Å². The Morgan fingerprint density at radius 3 is 1.94 bits per heavy atom. The molecule has 0 aliphatic heterocycles. The number of nitrogens with zero attached hydrogens (tertiary/aromatic N) is 1. The summed E-state index contributed by atoms with van der Waals surface area (Å²) in [5.41, 5.74) is 12.0. The minimum Gasteiger partial charge on any atom is -0.379 e. The Balaban J connectivity index is 3.04. The van der Waals surface area contributed by atoms with Crippen LogP contribution < -0.4 is 11.5 Å². The third kappa shape index (κ3) is 19.1. The Kier molecular flexibility index (Phi) is 28.0. The van der Waals surface area contributed by atoms with E-state index in [1.54, 1.807) is 0 Å². The standard InChI is InChI=1S/C47H95N3O4/c1-11-14-17-32-50(33-18-15-12-2)45(51)27-24-38(4)43-26-25-39(5)47(43,10)44(54-36-21-31-49)37-40(6)46(8,9)29-28-42(53-35-20-30-48)23-19-22-41(7)52-34-16-13-3/h38-44H,11-37,48-49H2,1-10H3/t38-,39-,40-,41+,42+,43-,44+,47+/m1/s1. The van der Waals surface area contributed by atoms with Crippen LogP contribution in [0.15, 0.2) is 0 Å². The van der Waals surface area contributed by atoms with Gasteiger partial charge in [0.25, 0.3) is 0 Å². The van der Waals surface area contributed by atoms with Crippen LogP contribution in [0, 0.1) is 34.5 Å². The number of hydrogen-bond acceptors (Lipinski definition) is 6. The summed E-state index contributed by atoms with van der Waals surface area (Å²) < 4.78 is 19.4. The van der Waals surface area contributed by atoms with Gasteiger partial charge in [-0.05, 0) is 144 Å². The van der Waals surface area contributed by atoms with Gasteiger partial charge in [0.15, 0.2) is 0 Å². The molecule has 0 aromatic rings. The molecular weight excluding hydrogens is 671 g/mol. The summed E-state index contributed by atoms with van der Waals surface area (Å²) in [5.74, 6) is 2.45. The second-order valence-electron chi connectivity index (χ2n) is 18.5. The molecule has 0 spiro atoms. The largest absolute Gasteiger partial charge is 0.379 e. The first-order valence-electron chi connectivity index (χ1n) is 23.3. The van der Waals surface area contributed by atoms with E-state index < -0.39 is 0 Å². The van der Waals surface area contributed by atoms with Crippen LogP contribution in [0.5, 0.6) is 0 Å². The Bertz CT molecular complexity index is 907. The zero-order valence-electron chi connectivity index (χ0n) is 37.9. The van der Waals surface area contributed by atoms with Crippen molar-refractivity contribution in [2.75, 3.05) is 46.0 Å². The molecule has 1 saturated carbocycles. The molecule has 4 N–H and O–H groups in total. The fourth-order valence-electron chi connectivity index (χ4n) is 9.07. The van der Waals surface area contributed by atoms with E-state index in [0.29, 0.717) is 55.2 Å². The van der Waals surface area contributed by atoms with E-state index >= 15 is 0 Å². The molecule has 0 aromatic carbocycles. The molecule has 1 fully saturated rings. The molecular formula is C47H95N3O4. The van der Waals surface area contributed by atoms with Crippen LogP contribution in [0.4, 0.5) is 0 Å². The zero-order valence-corrected chi connectivity index (χ0v) is 37.9. The van der Waals surface area contributed by atoms with Gasteiger partial charge in [-0.25, -0.2) is 0 Å². The van der Waals surface area contributed by atoms with Crippen molar-refractivity contribution in [2.45, 2.75) is 216 Å². The highest BCUT2D eigenvalue weighted by molar-refractivity contribution is 5.76. The van der Waals surface area contributed by atoms with E-state index in [2.05, 4.69) is 74.1 Å². The first-order chi connectivity index (χ1) is 25.8. The topological polar surface area (TPSA) is 100 Å². The van der Waals surface area contributed by atoms with Gasteiger partial charge in [-0.1, -0.05) is 94.4 Å². The van der Waals surface area contributed by atoms with Crippen molar-refractivity contribution >= 4 is 5.91 Å². The van der Waals surface area contributed by atoms with Gasteiger partial charge in [0.05, 0.1) is 18.3 Å². The Morgan fingerprint density at radius 1 is 0.759 bits per heavy atom. The highest BCUT2D eigenvalue weighted by atomic mass is 16.5. The lowest BCUT2D eigenvalue weighted by Gasteiger charge is -2.47. The van der Waals surface area contributed by atoms with E-state index in [1.807, 2.05) is 0 Å². The van der Waals surface area contributed by atoms with Crippen molar-refractivity contribution in [1.82, 2.24) is 4.90 Å². The molecule has 0 saturated heterocycles. The Hall–Kier alpha value is -0.730. The molecule has 0 radical (unpaired) electrons. The summed E-state index contributed by atoms with van der Waals surface area (Å²) in [6, 6.07) is 0. The predicted molar refractivity (Wildman–Crippen MR) is 232 cm³/mol. The molecule has 8 atom stereocenters. The SMILES string of the molecule is CCCCCN(CCCCC)C(=O)CC[C@@H](C)[C@H]1CC[C@@H](C)[C@]1(C)[C@H](C[C@@H](C)C(C)(C)CC[C@H](CCC[C@H](C)OCCCC)OCCCN)OCCCN. The van der Waals surface area contributed by atoms with Crippen molar-refractivity contribution in [1.29, 1.82) is 0 Å². The molecule has 1 aliphatic rings. The molecule has 7 heteroatoms. The van der Waals surface area contributed by atoms with Gasteiger partial charge >= 0.3 is 0 Å². The molecule has 1 rings (SSSR count). The maximum absolute atomic E-state index is 13.6. The van der Waals surface area contributed by atoms with Gasteiger partial charge in [-0.3, -0.25) is 4.79 Å². The average Bonchev–Trinajstić information content (AvgIpc) is 3.45. The lowest BCUT2D eigenvalue weighted by Crippen LogP contribution is -2.46. The molecule has 0 heterocycles. The van der Waals surface area contributed by atoms with Gasteiger partial charge in [0.1, 0.15) is 0 Å². The van der Waals surface area contributed by atoms with Crippen LogP contribution in [-0.2, 0) is 19.0 Å². The molecule has 54 heavy (non-hydrogen) atoms. The van der Waals surface area contributed by atoms with Crippen LogP contribution in [0.1, 0.15) is 198 Å². The van der Waals surface area contributed by atoms with Gasteiger partial charge in [0.2, 0.25) is 5.91 Å². The fraction of sp³-hybridized carbons (Fsp3) is 0.979. The number of hydrogen-bond donors (Lipinski definition) is 2. The molecule has 1 amide bonds. The van der Waals surface area contributed by atoms with Crippen LogP contribution in [0.3, 0.4) is 0 Å². The number of nitrogens with two attached hydrogens (primary N) is 2. The lowest BCUT2D eigenvalue weighted by atomic mass is 9.62. The van der Waals surface area contributed by atoms with E-state index in [4.69, 9.17) is 25.7 Å². The van der Waals surface area contributed by atoms with Crippen molar-refractivity contribution in [2.24, 2.45) is 46.0 Å². The van der Waals surface area contributed by atoms with Crippen LogP contribution in [-0.4, -0.2) is 75.1 Å². The third-order valence-electron chi connectivity index (χ3n) is 13.8. The van der Waals surface area contributed by atoms with E-state index in [0.717, 1.165) is 110 Å². The second-order valence-corrected chi connectivity index (χ2v) is 18.5. The molecule has 7 nitrogen and oxygen atoms in total. The van der Waals surface area contributed by atoms with E-state index in [-0.39, 0.29) is 23.0 Å². The zero-order chi connectivity index (χ0) is 40.4. The minimum atomic E-state index is 0.0626. The molecule has 0 bridgehead atoms. The number of carbonyl (C=O) groups excluding carboxylic acids is 1. The van der Waals surface area contributed by atoms with Crippen LogP contribution in [0.2, 0.25) is 0 Å². The lowest BCUT2D eigenvalue weighted by molar-refractivity contribution is -0.132. The number of amides is 1. The summed E-state index contributed by atoms with van der Waals surface area (Å²) in [6.07, 6.45) is 22.5. The average molecular weight is 766 g/mol. The summed E-state index contributed by atoms with van der Waals surface area (Å²) in [5, 5.41) is 0. The van der Waals surface area contributed by atoms with Crippen molar-refractivity contribution in [3.05, 3.63) is 0 Å². The Morgan fingerprint density at radius 2 is 1.35 bits per heavy atom. The van der Waals surface area contributed by atoms with Crippen molar-refractivity contribution in [3.63, 3.8) is 0 Å². The smallest absolute Gasteiger partial charge is 0.222 e. The summed E-state index contributed by atoms with van der Waals surface area (Å²) >= 11 is 0. The molecule has 0 unspecified atom stereocenters. The highest BCUT2D eigenvalue weighted by Gasteiger charge is 2.52. The minimum absolute atomic E-state index is 0.0626. The third-order valence-corrected chi connectivity index (χ3v) is 13.8. The highest BCUT2D eigenvalue weighted by Crippen LogP contribution is 2.56. The summed E-state index contributed by atoms with van der Waals surface area (Å²) in [4.78, 5) is 15.8. The van der Waals surface area contributed by atoms with E-state index in [1.165, 1.54) is 44.9 Å². The summed E-state index contributed by atoms with van der Waals surface area (Å²) in [6.45, 7) is 29.2. The number of rotatable bonds is 35. The maximum Gasteiger partial charge on any atom is 0.222 e. The fourth-order valence-corrected chi connectivity index (χ4v) is 9.07. The maximum atomic E-state index is 13.6. The molecule has 1 aliphatic carbocycles. The van der Waals surface area contributed by atoms with Crippen LogP contribution in [0.25, 0.3) is 0 Å². The van der Waals surface area contributed by atoms with E-state index in [9.17, 15) is 4.79 Å². The van der Waals surface area contributed by atoms with Crippen molar-refractivity contribution in [3.8, 4) is 0 Å². The predicted octanol–water partition coefficient (Wildman–Crippen LogP) is 11.3. The first-order valence-corrected chi connectivity index (χ1v) is 23.3. The molecule has 322 valence electrons. The summed E-state index contributed by atoms with van der Waals surface area (Å²) in [7, 11) is 0. The monoisotopic (exact) mass is 766 g/mol. The number of ether oxygens (including phenoxy) is 3.